The molecule has 0 aliphatic heterocycles. The molecule has 0 saturated heterocycles. The maximum Gasteiger partial charge on any atom is 0.105 e. The van der Waals surface area contributed by atoms with E-state index in [1.165, 1.54) is 41.5 Å². The summed E-state index contributed by atoms with van der Waals surface area (Å²) in [6, 6.07) is 21.9. The topological polar surface area (TPSA) is 0 Å². The molecule has 22 heavy (non-hydrogen) atoms. The Hall–Kier alpha value is -1.31. The number of halogens is 1. The minimum absolute atomic E-state index is 0. The highest BCUT2D eigenvalue weighted by molar-refractivity contribution is 5.15. The Balaban J connectivity index is 0.00000242. The second kappa shape index (κ2) is 9.66. The molecule has 0 unspecified atom stereocenters. The van der Waals surface area contributed by atoms with Gasteiger partial charge in [0, 0.05) is 11.1 Å². The van der Waals surface area contributed by atoms with Gasteiger partial charge in [0.05, 0.1) is 13.1 Å². The molecule has 0 aromatic heterocycles. The molecular formula is C20H28ClN. The lowest BCUT2D eigenvalue weighted by Gasteiger charge is -2.39. The third kappa shape index (κ3) is 5.47. The van der Waals surface area contributed by atoms with Crippen LogP contribution < -0.4 is 12.4 Å². The number of rotatable bonds is 8. The summed E-state index contributed by atoms with van der Waals surface area (Å²) in [6.45, 7) is 9.38. The second-order valence-electron chi connectivity index (χ2n) is 6.08. The van der Waals surface area contributed by atoms with E-state index >= 15 is 0 Å². The van der Waals surface area contributed by atoms with Gasteiger partial charge < -0.3 is 16.9 Å². The van der Waals surface area contributed by atoms with Crippen molar-refractivity contribution in [2.75, 3.05) is 13.1 Å². The molecule has 0 aliphatic carbocycles. The summed E-state index contributed by atoms with van der Waals surface area (Å²) in [6.07, 6.45) is 2.47. The van der Waals surface area contributed by atoms with Crippen LogP contribution in [0.3, 0.4) is 0 Å². The first-order chi connectivity index (χ1) is 10.3. The van der Waals surface area contributed by atoms with Gasteiger partial charge in [-0.1, -0.05) is 74.5 Å². The van der Waals surface area contributed by atoms with E-state index in [2.05, 4.69) is 74.5 Å². The highest BCUT2D eigenvalue weighted by Crippen LogP contribution is 2.21. The summed E-state index contributed by atoms with van der Waals surface area (Å²) in [5, 5.41) is 0. The van der Waals surface area contributed by atoms with Gasteiger partial charge in [-0.3, -0.25) is 0 Å². The quantitative estimate of drug-likeness (QED) is 0.654. The molecule has 2 aromatic carbocycles. The SMILES string of the molecule is CCC[N+](CCC)(Cc1ccccc1)Cc1ccccc1.[Cl-]. The largest absolute Gasteiger partial charge is 1.00 e. The summed E-state index contributed by atoms with van der Waals surface area (Å²) in [4.78, 5) is 0. The Kier molecular flexibility index (Phi) is 8.22. The number of hydrogen-bond donors (Lipinski definition) is 0. The molecule has 0 radical (unpaired) electrons. The van der Waals surface area contributed by atoms with Crippen molar-refractivity contribution in [2.24, 2.45) is 0 Å². The Bertz CT molecular complexity index is 460. The number of benzene rings is 2. The first kappa shape index (κ1) is 18.7. The van der Waals surface area contributed by atoms with Crippen LogP contribution in [-0.4, -0.2) is 17.6 Å². The molecule has 2 rings (SSSR count). The van der Waals surface area contributed by atoms with Crippen LogP contribution in [-0.2, 0) is 13.1 Å². The molecule has 0 aliphatic rings. The van der Waals surface area contributed by atoms with E-state index < -0.39 is 0 Å². The summed E-state index contributed by atoms with van der Waals surface area (Å²) in [7, 11) is 0. The molecule has 120 valence electrons. The Labute approximate surface area is 142 Å². The van der Waals surface area contributed by atoms with E-state index in [-0.39, 0.29) is 12.4 Å². The third-order valence-electron chi connectivity index (χ3n) is 4.12. The van der Waals surface area contributed by atoms with E-state index in [0.29, 0.717) is 0 Å². The smallest absolute Gasteiger partial charge is 0.105 e. The number of hydrogen-bond acceptors (Lipinski definition) is 0. The van der Waals surface area contributed by atoms with Gasteiger partial charge in [-0.15, -0.1) is 0 Å². The molecule has 0 bridgehead atoms. The first-order valence-electron chi connectivity index (χ1n) is 8.21. The lowest BCUT2D eigenvalue weighted by Crippen LogP contribution is -3.00. The number of nitrogens with zero attached hydrogens (tertiary/aromatic N) is 1. The summed E-state index contributed by atoms with van der Waals surface area (Å²) < 4.78 is 1.17. The van der Waals surface area contributed by atoms with Gasteiger partial charge in [0.2, 0.25) is 0 Å². The minimum Gasteiger partial charge on any atom is -1.00 e. The highest BCUT2D eigenvalue weighted by Gasteiger charge is 2.26. The molecule has 1 nitrogen and oxygen atoms in total. The molecule has 2 heteroatoms. The fraction of sp³-hybridized carbons (Fsp3) is 0.400. The molecule has 0 fully saturated rings. The second-order valence-corrected chi connectivity index (χ2v) is 6.08. The van der Waals surface area contributed by atoms with Crippen LogP contribution in [0.2, 0.25) is 0 Å². The van der Waals surface area contributed by atoms with E-state index in [1.54, 1.807) is 0 Å². The highest BCUT2D eigenvalue weighted by atomic mass is 35.5. The molecule has 0 heterocycles. The van der Waals surface area contributed by atoms with Crippen molar-refractivity contribution in [2.45, 2.75) is 39.8 Å². The Morgan fingerprint density at radius 3 is 1.32 bits per heavy atom. The maximum absolute atomic E-state index is 2.30. The minimum atomic E-state index is 0. The van der Waals surface area contributed by atoms with E-state index in [0.717, 1.165) is 13.1 Å². The zero-order chi connectivity index (χ0) is 15.0. The van der Waals surface area contributed by atoms with Crippen LogP contribution in [0, 0.1) is 0 Å². The molecule has 0 amide bonds. The van der Waals surface area contributed by atoms with Gasteiger partial charge in [-0.25, -0.2) is 0 Å². The zero-order valence-electron chi connectivity index (χ0n) is 13.8. The van der Waals surface area contributed by atoms with Gasteiger partial charge in [0.25, 0.3) is 0 Å². The van der Waals surface area contributed by atoms with Gasteiger partial charge in [0.15, 0.2) is 0 Å². The van der Waals surface area contributed by atoms with Crippen molar-refractivity contribution in [1.29, 1.82) is 0 Å². The molecule has 2 aromatic rings. The van der Waals surface area contributed by atoms with Crippen molar-refractivity contribution in [3.05, 3.63) is 71.8 Å². The molecule has 0 saturated carbocycles. The van der Waals surface area contributed by atoms with Crippen LogP contribution in [0.4, 0.5) is 0 Å². The Morgan fingerprint density at radius 2 is 1.00 bits per heavy atom. The predicted molar refractivity (Wildman–Crippen MR) is 90.9 cm³/mol. The van der Waals surface area contributed by atoms with E-state index in [1.807, 2.05) is 0 Å². The van der Waals surface area contributed by atoms with Crippen molar-refractivity contribution in [3.8, 4) is 0 Å². The average Bonchev–Trinajstić information content (AvgIpc) is 2.50. The van der Waals surface area contributed by atoms with Gasteiger partial charge in [-0.2, -0.15) is 0 Å². The molecule has 0 atom stereocenters. The monoisotopic (exact) mass is 317 g/mol. The molecule has 0 N–H and O–H groups in total. The van der Waals surface area contributed by atoms with Crippen LogP contribution in [0.15, 0.2) is 60.7 Å². The van der Waals surface area contributed by atoms with Gasteiger partial charge in [-0.05, 0) is 12.8 Å². The average molecular weight is 318 g/mol. The van der Waals surface area contributed by atoms with Crippen molar-refractivity contribution in [1.82, 2.24) is 0 Å². The first-order valence-corrected chi connectivity index (χ1v) is 8.21. The standard InChI is InChI=1S/C20H28N.ClH/c1-3-15-21(16-4-2,17-19-11-7-5-8-12-19)18-20-13-9-6-10-14-20;/h5-14H,3-4,15-18H2,1-2H3;1H/q+1;/p-1. The fourth-order valence-electron chi connectivity index (χ4n) is 3.37. The van der Waals surface area contributed by atoms with E-state index in [4.69, 9.17) is 0 Å². The van der Waals surface area contributed by atoms with Crippen molar-refractivity contribution >= 4 is 0 Å². The van der Waals surface area contributed by atoms with Gasteiger partial charge in [0.1, 0.15) is 13.1 Å². The fourth-order valence-corrected chi connectivity index (χ4v) is 3.37. The van der Waals surface area contributed by atoms with Crippen molar-refractivity contribution < 1.29 is 16.9 Å². The summed E-state index contributed by atoms with van der Waals surface area (Å²) in [5.41, 5.74) is 2.91. The van der Waals surface area contributed by atoms with E-state index in [9.17, 15) is 0 Å². The van der Waals surface area contributed by atoms with Crippen LogP contribution in [0.5, 0.6) is 0 Å². The normalized spacial score (nSPS) is 11.0. The lowest BCUT2D eigenvalue weighted by molar-refractivity contribution is -0.953. The maximum atomic E-state index is 2.30. The van der Waals surface area contributed by atoms with Gasteiger partial charge >= 0.3 is 0 Å². The lowest BCUT2D eigenvalue weighted by atomic mass is 10.1. The number of quaternary nitrogens is 1. The van der Waals surface area contributed by atoms with Crippen LogP contribution in [0.1, 0.15) is 37.8 Å². The predicted octanol–water partition coefficient (Wildman–Crippen LogP) is 2.03. The molecular weight excluding hydrogens is 290 g/mol. The Morgan fingerprint density at radius 1 is 0.636 bits per heavy atom. The van der Waals surface area contributed by atoms with Crippen LogP contribution in [0.25, 0.3) is 0 Å². The van der Waals surface area contributed by atoms with Crippen molar-refractivity contribution in [3.63, 3.8) is 0 Å². The molecule has 0 spiro atoms. The summed E-state index contributed by atoms with van der Waals surface area (Å²) in [5.74, 6) is 0. The summed E-state index contributed by atoms with van der Waals surface area (Å²) >= 11 is 0. The third-order valence-corrected chi connectivity index (χ3v) is 4.12. The van der Waals surface area contributed by atoms with Crippen LogP contribution >= 0.6 is 0 Å². The zero-order valence-corrected chi connectivity index (χ0v) is 14.6.